The zero-order valence-electron chi connectivity index (χ0n) is 14.2. The van der Waals surface area contributed by atoms with E-state index < -0.39 is 15.6 Å². The van der Waals surface area contributed by atoms with Crippen molar-refractivity contribution in [3.63, 3.8) is 0 Å². The number of hydrogen-bond acceptors (Lipinski definition) is 4. The Morgan fingerprint density at radius 3 is 2.54 bits per heavy atom. The summed E-state index contributed by atoms with van der Waals surface area (Å²) in [6.45, 7) is 1.44. The number of carbonyl (C=O) groups is 1. The highest BCUT2D eigenvalue weighted by molar-refractivity contribution is 9.10. The molecule has 2 aliphatic heterocycles. The summed E-state index contributed by atoms with van der Waals surface area (Å²) in [4.78, 5) is 14.2. The normalized spacial score (nSPS) is 24.2. The molecule has 3 aliphatic rings. The van der Waals surface area contributed by atoms with Crippen molar-refractivity contribution >= 4 is 43.5 Å². The van der Waals surface area contributed by atoms with Gasteiger partial charge in [0.25, 0.3) is 0 Å². The minimum atomic E-state index is -3.59. The van der Waals surface area contributed by atoms with Gasteiger partial charge in [-0.25, -0.2) is 8.42 Å². The molecule has 3 fully saturated rings. The number of sulfonamides is 1. The molecule has 1 saturated carbocycles. The lowest BCUT2D eigenvalue weighted by Crippen LogP contribution is -2.59. The maximum atomic E-state index is 12.9. The van der Waals surface area contributed by atoms with Crippen LogP contribution in [0.5, 0.6) is 0 Å². The van der Waals surface area contributed by atoms with Crippen molar-refractivity contribution in [3.8, 4) is 0 Å². The maximum Gasteiger partial charge on any atom is 0.248 e. The van der Waals surface area contributed by atoms with Gasteiger partial charge in [-0.05, 0) is 59.8 Å². The van der Waals surface area contributed by atoms with Gasteiger partial charge in [-0.1, -0.05) is 11.6 Å². The van der Waals surface area contributed by atoms with Crippen LogP contribution in [0.4, 0.5) is 0 Å². The number of rotatable bonds is 3. The van der Waals surface area contributed by atoms with E-state index in [1.807, 2.05) is 4.90 Å². The number of nitrogens with zero attached hydrogens (tertiary/aromatic N) is 2. The van der Waals surface area contributed by atoms with Crippen molar-refractivity contribution in [2.45, 2.75) is 42.2 Å². The Bertz CT molecular complexity index is 835. The first-order chi connectivity index (χ1) is 12.3. The summed E-state index contributed by atoms with van der Waals surface area (Å²) in [5, 5.41) is 0.369. The van der Waals surface area contributed by atoms with Crippen LogP contribution in [0.15, 0.2) is 27.6 Å². The molecule has 142 valence electrons. The van der Waals surface area contributed by atoms with Crippen LogP contribution in [-0.4, -0.2) is 61.4 Å². The first-order valence-electron chi connectivity index (χ1n) is 8.69. The van der Waals surface area contributed by atoms with Gasteiger partial charge in [0, 0.05) is 23.6 Å². The van der Waals surface area contributed by atoms with Crippen LogP contribution in [0.1, 0.15) is 25.7 Å². The average molecular weight is 464 g/mol. The molecule has 1 spiro atoms. The number of amides is 1. The summed E-state index contributed by atoms with van der Waals surface area (Å²) in [6.07, 6.45) is 3.30. The Morgan fingerprint density at radius 1 is 1.23 bits per heavy atom. The smallest absolute Gasteiger partial charge is 0.248 e. The van der Waals surface area contributed by atoms with Gasteiger partial charge in [0.05, 0.1) is 22.1 Å². The summed E-state index contributed by atoms with van der Waals surface area (Å²) in [7, 11) is -3.59. The molecule has 1 aromatic carbocycles. The lowest BCUT2D eigenvalue weighted by molar-refractivity contribution is -0.170. The quantitative estimate of drug-likeness (QED) is 0.691. The molecule has 0 atom stereocenters. The minimum absolute atomic E-state index is 0.0534. The number of carbonyl (C=O) groups excluding carboxylic acids is 1. The van der Waals surface area contributed by atoms with E-state index in [4.69, 9.17) is 16.3 Å². The topological polar surface area (TPSA) is 66.9 Å². The Morgan fingerprint density at radius 2 is 1.92 bits per heavy atom. The Balaban J connectivity index is 1.47. The summed E-state index contributed by atoms with van der Waals surface area (Å²) in [6, 6.07) is 5.02. The zero-order chi connectivity index (χ0) is 18.5. The Kier molecular flexibility index (Phi) is 4.84. The summed E-state index contributed by atoms with van der Waals surface area (Å²) in [5.74, 6) is 0.0534. The van der Waals surface area contributed by atoms with Crippen molar-refractivity contribution in [1.82, 2.24) is 9.21 Å². The van der Waals surface area contributed by atoms with Gasteiger partial charge < -0.3 is 9.64 Å². The number of benzene rings is 1. The number of halogens is 2. The molecule has 1 aromatic rings. The van der Waals surface area contributed by atoms with Crippen molar-refractivity contribution in [2.75, 3.05) is 26.2 Å². The molecule has 0 N–H and O–H groups in total. The van der Waals surface area contributed by atoms with Crippen molar-refractivity contribution in [1.29, 1.82) is 0 Å². The summed E-state index contributed by atoms with van der Waals surface area (Å²) < 4.78 is 33.8. The molecule has 0 aromatic heterocycles. The van der Waals surface area contributed by atoms with Gasteiger partial charge >= 0.3 is 0 Å². The van der Waals surface area contributed by atoms with E-state index in [9.17, 15) is 13.2 Å². The standard InChI is InChI=1S/C17H20BrClN2O4S/c18-14-4-3-13(9-15(14)19)26(23,24)20-7-5-17(6-8-20)11-21(12-1-2-12)16(22)10-25-17/h3-4,9,12H,1-2,5-8,10-11H2. The first kappa shape index (κ1) is 18.7. The van der Waals surface area contributed by atoms with E-state index in [1.165, 1.54) is 10.4 Å². The van der Waals surface area contributed by atoms with Gasteiger partial charge in [-0.15, -0.1) is 0 Å². The SMILES string of the molecule is O=C1COC2(CCN(S(=O)(=O)c3ccc(Br)c(Cl)c3)CC2)CN1C1CC1. The van der Waals surface area contributed by atoms with Crippen LogP contribution in [0.2, 0.25) is 5.02 Å². The molecule has 0 unspecified atom stereocenters. The molecule has 1 aliphatic carbocycles. The second kappa shape index (κ2) is 6.74. The predicted molar refractivity (Wildman–Crippen MR) is 101 cm³/mol. The Labute approximate surface area is 166 Å². The third-order valence-corrected chi connectivity index (χ3v) is 8.56. The molecule has 1 amide bonds. The number of hydrogen-bond donors (Lipinski definition) is 0. The fourth-order valence-corrected chi connectivity index (χ4v) is 5.64. The highest BCUT2D eigenvalue weighted by Crippen LogP contribution is 2.37. The van der Waals surface area contributed by atoms with E-state index in [0.717, 1.165) is 12.8 Å². The first-order valence-corrected chi connectivity index (χ1v) is 11.3. The fraction of sp³-hybridized carbons (Fsp3) is 0.588. The number of piperidine rings is 1. The molecule has 4 rings (SSSR count). The van der Waals surface area contributed by atoms with Gasteiger partial charge in [0.15, 0.2) is 0 Å². The molecule has 0 radical (unpaired) electrons. The highest BCUT2D eigenvalue weighted by atomic mass is 79.9. The van der Waals surface area contributed by atoms with Gasteiger partial charge in [0.1, 0.15) is 6.61 Å². The van der Waals surface area contributed by atoms with E-state index in [-0.39, 0.29) is 17.4 Å². The van der Waals surface area contributed by atoms with Crippen molar-refractivity contribution in [2.24, 2.45) is 0 Å². The van der Waals surface area contributed by atoms with Crippen LogP contribution in [0, 0.1) is 0 Å². The minimum Gasteiger partial charge on any atom is -0.363 e. The molecule has 2 heterocycles. The number of ether oxygens (including phenoxy) is 1. The monoisotopic (exact) mass is 462 g/mol. The molecule has 9 heteroatoms. The molecule has 26 heavy (non-hydrogen) atoms. The molecule has 2 saturated heterocycles. The highest BCUT2D eigenvalue weighted by Gasteiger charge is 2.47. The Hall–Kier alpha value is -0.670. The molecule has 6 nitrogen and oxygen atoms in total. The lowest BCUT2D eigenvalue weighted by atomic mass is 9.90. The van der Waals surface area contributed by atoms with Crippen molar-refractivity contribution < 1.29 is 17.9 Å². The predicted octanol–water partition coefficient (Wildman–Crippen LogP) is 2.65. The van der Waals surface area contributed by atoms with Crippen LogP contribution >= 0.6 is 27.5 Å². The number of morpholine rings is 1. The van der Waals surface area contributed by atoms with Gasteiger partial charge in [-0.3, -0.25) is 4.79 Å². The average Bonchev–Trinajstić information content (AvgIpc) is 3.45. The fourth-order valence-electron chi connectivity index (χ4n) is 3.68. The molecule has 0 bridgehead atoms. The second-order valence-corrected chi connectivity index (χ2v) is 10.4. The van der Waals surface area contributed by atoms with Gasteiger partial charge in [-0.2, -0.15) is 4.31 Å². The largest absolute Gasteiger partial charge is 0.363 e. The molecular formula is C17H20BrClN2O4S. The van der Waals surface area contributed by atoms with E-state index >= 15 is 0 Å². The van der Waals surface area contributed by atoms with Crippen LogP contribution < -0.4 is 0 Å². The van der Waals surface area contributed by atoms with Crippen LogP contribution in [-0.2, 0) is 19.6 Å². The van der Waals surface area contributed by atoms with Gasteiger partial charge in [0.2, 0.25) is 15.9 Å². The summed E-state index contributed by atoms with van der Waals surface area (Å²) >= 11 is 9.33. The second-order valence-electron chi connectivity index (χ2n) is 7.20. The zero-order valence-corrected chi connectivity index (χ0v) is 17.3. The van der Waals surface area contributed by atoms with E-state index in [1.54, 1.807) is 12.1 Å². The maximum absolute atomic E-state index is 12.9. The lowest BCUT2D eigenvalue weighted by Gasteiger charge is -2.46. The molecular weight excluding hydrogens is 444 g/mol. The van der Waals surface area contributed by atoms with E-state index in [2.05, 4.69) is 15.9 Å². The summed E-state index contributed by atoms with van der Waals surface area (Å²) in [5.41, 5.74) is -0.417. The van der Waals surface area contributed by atoms with Crippen LogP contribution in [0.25, 0.3) is 0 Å². The van der Waals surface area contributed by atoms with Crippen molar-refractivity contribution in [3.05, 3.63) is 27.7 Å². The third-order valence-electron chi connectivity index (χ3n) is 5.43. The third kappa shape index (κ3) is 3.42. The van der Waals surface area contributed by atoms with Crippen LogP contribution in [0.3, 0.4) is 0 Å². The van der Waals surface area contributed by atoms with E-state index in [0.29, 0.717) is 48.0 Å².